The molecule has 1 aromatic rings. The first kappa shape index (κ1) is 12.3. The van der Waals surface area contributed by atoms with Crippen molar-refractivity contribution in [3.63, 3.8) is 0 Å². The Hall–Kier alpha value is -1.81. The predicted molar refractivity (Wildman–Crippen MR) is 53.0 cm³/mol. The van der Waals surface area contributed by atoms with Crippen molar-refractivity contribution >= 4 is 28.7 Å². The van der Waals surface area contributed by atoms with Crippen LogP contribution in [0.3, 0.4) is 0 Å². The molecule has 0 fully saturated rings. The van der Waals surface area contributed by atoms with E-state index in [-0.39, 0.29) is 18.1 Å². The molecule has 0 aliphatic heterocycles. The van der Waals surface area contributed by atoms with Crippen molar-refractivity contribution in [1.82, 2.24) is 20.1 Å². The summed E-state index contributed by atoms with van der Waals surface area (Å²) in [6.07, 6.45) is -1.56. The van der Waals surface area contributed by atoms with Crippen LogP contribution in [0.2, 0.25) is 0 Å². The molecule has 1 aromatic heterocycles. The van der Waals surface area contributed by atoms with Crippen LogP contribution >= 0.6 is 11.5 Å². The molecule has 9 nitrogen and oxygen atoms in total. The number of nitrogens with one attached hydrogen (secondary N) is 2. The summed E-state index contributed by atoms with van der Waals surface area (Å²) in [5.74, 6) is -1.32. The van der Waals surface area contributed by atoms with Crippen LogP contribution in [-0.2, 0) is 4.79 Å². The van der Waals surface area contributed by atoms with Crippen LogP contribution in [0.4, 0.5) is 9.93 Å². The van der Waals surface area contributed by atoms with Gasteiger partial charge < -0.3 is 15.5 Å². The first-order chi connectivity index (χ1) is 7.59. The molecule has 0 aliphatic carbocycles. The molecule has 1 heterocycles. The lowest BCUT2D eigenvalue weighted by Gasteiger charge is -2.06. The second-order valence-electron chi connectivity index (χ2n) is 2.69. The number of nitrogens with zero attached hydrogens (tertiary/aromatic N) is 3. The van der Waals surface area contributed by atoms with E-state index in [9.17, 15) is 9.59 Å². The number of hydrogen-bond donors (Lipinski definition) is 4. The monoisotopic (exact) mass is 247 g/mol. The Morgan fingerprint density at radius 2 is 2.25 bits per heavy atom. The van der Waals surface area contributed by atoms with Crippen LogP contribution in [0.15, 0.2) is 0 Å². The van der Waals surface area contributed by atoms with Gasteiger partial charge in [-0.15, -0.1) is 0 Å². The Morgan fingerprint density at radius 1 is 1.50 bits per heavy atom. The van der Waals surface area contributed by atoms with Crippen LogP contribution in [-0.4, -0.2) is 49.7 Å². The van der Waals surface area contributed by atoms with E-state index in [1.54, 1.807) is 0 Å². The summed E-state index contributed by atoms with van der Waals surface area (Å²) in [6.45, 7) is 0.0333. The van der Waals surface area contributed by atoms with Crippen molar-refractivity contribution in [2.24, 2.45) is 0 Å². The molecule has 0 bridgehead atoms. The number of aliphatic carboxylic acids is 1. The molecule has 16 heavy (non-hydrogen) atoms. The summed E-state index contributed by atoms with van der Waals surface area (Å²) in [7, 11) is 0. The van der Waals surface area contributed by atoms with E-state index in [0.29, 0.717) is 0 Å². The fourth-order valence-corrected chi connectivity index (χ4v) is 1.13. The van der Waals surface area contributed by atoms with E-state index < -0.39 is 18.1 Å². The lowest BCUT2D eigenvalue weighted by molar-refractivity contribution is -0.146. The Morgan fingerprint density at radius 3 is 2.81 bits per heavy atom. The molecule has 0 spiro atoms. The summed E-state index contributed by atoms with van der Waals surface area (Å²) in [6, 6.07) is -0.559. The van der Waals surface area contributed by atoms with E-state index in [0.717, 1.165) is 11.5 Å². The molecular weight excluding hydrogens is 238 g/mol. The number of anilines is 1. The number of carbonyl (C=O) groups excluding carboxylic acids is 1. The van der Waals surface area contributed by atoms with E-state index >= 15 is 0 Å². The molecular formula is C6H9N5O4S. The number of aliphatic hydroxyl groups excluding tert-OH is 1. The second kappa shape index (κ2) is 5.92. The van der Waals surface area contributed by atoms with Gasteiger partial charge in [-0.2, -0.15) is 0 Å². The summed E-state index contributed by atoms with van der Waals surface area (Å²) < 4.78 is 3.43. The van der Waals surface area contributed by atoms with E-state index in [1.165, 1.54) is 0 Å². The van der Waals surface area contributed by atoms with Crippen molar-refractivity contribution < 1.29 is 19.8 Å². The highest BCUT2D eigenvalue weighted by Gasteiger charge is 2.13. The molecule has 0 unspecified atom stereocenters. The number of carbonyl (C=O) groups is 2. The minimum atomic E-state index is -1.48. The van der Waals surface area contributed by atoms with Crippen LogP contribution < -0.4 is 10.6 Å². The quantitative estimate of drug-likeness (QED) is 0.517. The average molecular weight is 247 g/mol. The molecule has 2 amide bonds. The maximum Gasteiger partial charge on any atom is 0.332 e. The molecule has 1 rings (SSSR count). The van der Waals surface area contributed by atoms with E-state index in [2.05, 4.69) is 25.4 Å². The molecule has 0 saturated carbocycles. The normalized spacial score (nSPS) is 11.8. The minimum Gasteiger partial charge on any atom is -0.479 e. The minimum absolute atomic E-state index is 0.0333. The largest absolute Gasteiger partial charge is 0.479 e. The molecule has 1 atom stereocenters. The number of carboxylic acid groups (broad SMARTS) is 1. The van der Waals surface area contributed by atoms with Gasteiger partial charge in [0, 0.05) is 24.5 Å². The molecule has 0 saturated heterocycles. The lowest BCUT2D eigenvalue weighted by Crippen LogP contribution is -2.33. The summed E-state index contributed by atoms with van der Waals surface area (Å²) in [5.41, 5.74) is 0. The van der Waals surface area contributed by atoms with E-state index in [4.69, 9.17) is 10.2 Å². The zero-order valence-electron chi connectivity index (χ0n) is 7.95. The van der Waals surface area contributed by atoms with Crippen LogP contribution in [0, 0.1) is 0 Å². The van der Waals surface area contributed by atoms with Gasteiger partial charge in [0.05, 0.1) is 0 Å². The fourth-order valence-electron chi connectivity index (χ4n) is 0.769. The fraction of sp³-hybridized carbons (Fsp3) is 0.500. The molecule has 10 heteroatoms. The zero-order valence-corrected chi connectivity index (χ0v) is 8.77. The third-order valence-electron chi connectivity index (χ3n) is 1.51. The average Bonchev–Trinajstić information content (AvgIpc) is 2.70. The number of aliphatic hydroxyl groups is 1. The highest BCUT2D eigenvalue weighted by atomic mass is 32.1. The van der Waals surface area contributed by atoms with Gasteiger partial charge in [-0.25, -0.2) is 9.59 Å². The van der Waals surface area contributed by atoms with Crippen molar-refractivity contribution in [2.45, 2.75) is 12.5 Å². The van der Waals surface area contributed by atoms with Crippen molar-refractivity contribution in [2.75, 3.05) is 11.9 Å². The third-order valence-corrected chi connectivity index (χ3v) is 2.02. The van der Waals surface area contributed by atoms with Gasteiger partial charge >= 0.3 is 12.0 Å². The van der Waals surface area contributed by atoms with Gasteiger partial charge in [0.1, 0.15) is 0 Å². The molecule has 4 N–H and O–H groups in total. The number of rotatable bonds is 5. The van der Waals surface area contributed by atoms with Crippen LogP contribution in [0.25, 0.3) is 0 Å². The molecule has 0 radical (unpaired) electrons. The van der Waals surface area contributed by atoms with Gasteiger partial charge in [-0.3, -0.25) is 5.32 Å². The van der Waals surface area contributed by atoms with Crippen molar-refractivity contribution in [3.05, 3.63) is 0 Å². The van der Waals surface area contributed by atoms with Gasteiger partial charge in [-0.05, 0) is 5.21 Å². The topological polar surface area (TPSA) is 137 Å². The lowest BCUT2D eigenvalue weighted by atomic mass is 10.2. The number of hydrogen-bond acceptors (Lipinski definition) is 7. The van der Waals surface area contributed by atoms with Gasteiger partial charge in [0.15, 0.2) is 6.10 Å². The second-order valence-corrected chi connectivity index (χ2v) is 3.42. The number of aromatic nitrogens is 3. The van der Waals surface area contributed by atoms with Crippen molar-refractivity contribution in [1.29, 1.82) is 0 Å². The predicted octanol–water partition coefficient (Wildman–Crippen LogP) is -1.11. The first-order valence-electron chi connectivity index (χ1n) is 4.20. The first-order valence-corrected chi connectivity index (χ1v) is 4.97. The Labute approximate surface area is 93.6 Å². The molecule has 0 aliphatic rings. The number of amides is 2. The Kier molecular flexibility index (Phi) is 4.54. The third kappa shape index (κ3) is 4.14. The maximum absolute atomic E-state index is 11.1. The van der Waals surface area contributed by atoms with Crippen LogP contribution in [0.1, 0.15) is 6.42 Å². The SMILES string of the molecule is O=C(NCC[C@H](O)C(=O)O)Nc1nnns1. The molecule has 0 aromatic carbocycles. The standard InChI is InChI=1S/C6H9N5O4S/c12-3(4(13)14)1-2-7-5(15)8-6-9-10-11-16-6/h3,12H,1-2H2,(H,13,14)(H2,7,8,9,11,15)/t3-/m0/s1. The van der Waals surface area contributed by atoms with E-state index in [1.807, 2.05) is 0 Å². The maximum atomic E-state index is 11.1. The summed E-state index contributed by atoms with van der Waals surface area (Å²) >= 11 is 0.908. The Balaban J connectivity index is 2.18. The highest BCUT2D eigenvalue weighted by molar-refractivity contribution is 7.09. The number of carboxylic acids is 1. The Bertz CT molecular complexity index is 356. The van der Waals surface area contributed by atoms with Crippen molar-refractivity contribution in [3.8, 4) is 0 Å². The molecule has 88 valence electrons. The van der Waals surface area contributed by atoms with Gasteiger partial charge in [0.2, 0.25) is 5.13 Å². The summed E-state index contributed by atoms with van der Waals surface area (Å²) in [4.78, 5) is 21.3. The highest BCUT2D eigenvalue weighted by Crippen LogP contribution is 2.03. The smallest absolute Gasteiger partial charge is 0.332 e. The van der Waals surface area contributed by atoms with Crippen LogP contribution in [0.5, 0.6) is 0 Å². The van der Waals surface area contributed by atoms with Gasteiger partial charge in [0.25, 0.3) is 0 Å². The van der Waals surface area contributed by atoms with Gasteiger partial charge in [-0.1, -0.05) is 9.59 Å². The number of urea groups is 1. The summed E-state index contributed by atoms with van der Waals surface area (Å²) in [5, 5.41) is 28.9. The zero-order chi connectivity index (χ0) is 12.0.